The summed E-state index contributed by atoms with van der Waals surface area (Å²) in [5.41, 5.74) is 3.59. The van der Waals surface area contributed by atoms with E-state index >= 15 is 0 Å². The molecule has 0 saturated carbocycles. The van der Waals surface area contributed by atoms with E-state index in [1.807, 2.05) is 4.90 Å². The highest BCUT2D eigenvalue weighted by molar-refractivity contribution is 5.78. The summed E-state index contributed by atoms with van der Waals surface area (Å²) in [4.78, 5) is 23.9. The van der Waals surface area contributed by atoms with Gasteiger partial charge in [-0.1, -0.05) is 27.7 Å². The number of piperazine rings is 1. The van der Waals surface area contributed by atoms with Crippen LogP contribution in [0.5, 0.6) is 0 Å². The Morgan fingerprint density at radius 3 is 2.39 bits per heavy atom. The van der Waals surface area contributed by atoms with E-state index in [0.29, 0.717) is 51.3 Å². The standard InChI is InChI=1S/C24H37N5O2/c1-7-27(8-2)15-21(30)28-9-11-29(12-10-28)23-19(14-25)18-13-24(5,6)31-16-20(18)22(26-23)17(3)4/h17H,7-13,15-16H2,1-6H3. The van der Waals surface area contributed by atoms with Crippen molar-refractivity contribution in [2.24, 2.45) is 0 Å². The van der Waals surface area contributed by atoms with Gasteiger partial charge in [0.15, 0.2) is 0 Å². The molecule has 31 heavy (non-hydrogen) atoms. The first kappa shape index (κ1) is 23.5. The number of likely N-dealkylation sites (N-methyl/N-ethyl adjacent to an activating group) is 1. The lowest BCUT2D eigenvalue weighted by molar-refractivity contribution is -0.132. The van der Waals surface area contributed by atoms with Gasteiger partial charge in [-0.3, -0.25) is 9.69 Å². The maximum atomic E-state index is 12.7. The van der Waals surface area contributed by atoms with Crippen LogP contribution in [0.15, 0.2) is 0 Å². The molecule has 2 aliphatic heterocycles. The zero-order chi connectivity index (χ0) is 22.8. The predicted molar refractivity (Wildman–Crippen MR) is 122 cm³/mol. The number of amides is 1. The molecule has 1 fully saturated rings. The molecule has 0 aromatic carbocycles. The Hall–Kier alpha value is -2.17. The second-order valence-electron chi connectivity index (χ2n) is 9.47. The second kappa shape index (κ2) is 9.54. The quantitative estimate of drug-likeness (QED) is 0.695. The maximum Gasteiger partial charge on any atom is 0.236 e. The van der Waals surface area contributed by atoms with Gasteiger partial charge in [0.25, 0.3) is 0 Å². The summed E-state index contributed by atoms with van der Waals surface area (Å²) in [5, 5.41) is 10.1. The molecule has 1 amide bonds. The Morgan fingerprint density at radius 2 is 1.84 bits per heavy atom. The summed E-state index contributed by atoms with van der Waals surface area (Å²) in [7, 11) is 0. The van der Waals surface area contributed by atoms with Crippen LogP contribution < -0.4 is 4.90 Å². The molecule has 3 heterocycles. The number of pyridine rings is 1. The Kier molecular flexibility index (Phi) is 7.23. The molecule has 1 aromatic rings. The highest BCUT2D eigenvalue weighted by atomic mass is 16.5. The Morgan fingerprint density at radius 1 is 1.19 bits per heavy atom. The Labute approximate surface area is 187 Å². The molecule has 7 heteroatoms. The van der Waals surface area contributed by atoms with Crippen molar-refractivity contribution in [2.45, 2.75) is 66.1 Å². The van der Waals surface area contributed by atoms with Gasteiger partial charge in [-0.2, -0.15) is 5.26 Å². The molecule has 1 saturated heterocycles. The molecule has 0 radical (unpaired) electrons. The van der Waals surface area contributed by atoms with Crippen LogP contribution in [0.3, 0.4) is 0 Å². The summed E-state index contributed by atoms with van der Waals surface area (Å²) >= 11 is 0. The van der Waals surface area contributed by atoms with Gasteiger partial charge in [0.2, 0.25) is 5.91 Å². The van der Waals surface area contributed by atoms with E-state index in [1.165, 1.54) is 0 Å². The number of nitrogens with zero attached hydrogens (tertiary/aromatic N) is 5. The summed E-state index contributed by atoms with van der Waals surface area (Å²) in [5.74, 6) is 1.21. The van der Waals surface area contributed by atoms with Crippen LogP contribution in [0.4, 0.5) is 5.82 Å². The van der Waals surface area contributed by atoms with E-state index in [0.717, 1.165) is 35.7 Å². The highest BCUT2D eigenvalue weighted by Crippen LogP contribution is 2.37. The van der Waals surface area contributed by atoms with E-state index < -0.39 is 0 Å². The fourth-order valence-electron chi connectivity index (χ4n) is 4.51. The van der Waals surface area contributed by atoms with Crippen molar-refractivity contribution in [3.63, 3.8) is 0 Å². The van der Waals surface area contributed by atoms with Gasteiger partial charge in [0.05, 0.1) is 30.0 Å². The number of hydrogen-bond donors (Lipinski definition) is 0. The van der Waals surface area contributed by atoms with E-state index in [-0.39, 0.29) is 17.4 Å². The van der Waals surface area contributed by atoms with Crippen molar-refractivity contribution < 1.29 is 9.53 Å². The lowest BCUT2D eigenvalue weighted by atomic mass is 9.86. The number of aromatic nitrogens is 1. The van der Waals surface area contributed by atoms with Crippen LogP contribution in [0.2, 0.25) is 0 Å². The lowest BCUT2D eigenvalue weighted by Gasteiger charge is -2.39. The highest BCUT2D eigenvalue weighted by Gasteiger charge is 2.34. The fraction of sp³-hybridized carbons (Fsp3) is 0.708. The minimum absolute atomic E-state index is 0.184. The average Bonchev–Trinajstić information content (AvgIpc) is 2.75. The number of rotatable bonds is 6. The molecule has 1 aromatic heterocycles. The molecular formula is C24H37N5O2. The van der Waals surface area contributed by atoms with Crippen molar-refractivity contribution in [1.29, 1.82) is 5.26 Å². The van der Waals surface area contributed by atoms with Crippen LogP contribution in [0, 0.1) is 11.3 Å². The van der Waals surface area contributed by atoms with Gasteiger partial charge in [0.1, 0.15) is 11.9 Å². The van der Waals surface area contributed by atoms with Crippen LogP contribution in [-0.2, 0) is 22.6 Å². The summed E-state index contributed by atoms with van der Waals surface area (Å²) in [6, 6.07) is 2.45. The largest absolute Gasteiger partial charge is 0.370 e. The first-order valence-electron chi connectivity index (χ1n) is 11.6. The number of carbonyl (C=O) groups excluding carboxylic acids is 1. The van der Waals surface area contributed by atoms with Gasteiger partial charge in [0, 0.05) is 38.2 Å². The van der Waals surface area contributed by atoms with Crippen molar-refractivity contribution in [1.82, 2.24) is 14.8 Å². The topological polar surface area (TPSA) is 72.7 Å². The van der Waals surface area contributed by atoms with Gasteiger partial charge >= 0.3 is 0 Å². The van der Waals surface area contributed by atoms with Crippen LogP contribution >= 0.6 is 0 Å². The molecule has 0 bridgehead atoms. The van der Waals surface area contributed by atoms with E-state index in [2.05, 4.69) is 57.4 Å². The molecule has 170 valence electrons. The zero-order valence-electron chi connectivity index (χ0n) is 20.0. The van der Waals surface area contributed by atoms with Gasteiger partial charge in [-0.05, 0) is 38.4 Å². The molecule has 0 atom stereocenters. The Balaban J connectivity index is 1.85. The molecule has 0 N–H and O–H groups in total. The molecular weight excluding hydrogens is 390 g/mol. The third-order valence-electron chi connectivity index (χ3n) is 6.48. The molecule has 0 spiro atoms. The van der Waals surface area contributed by atoms with Crippen molar-refractivity contribution in [3.05, 3.63) is 22.4 Å². The van der Waals surface area contributed by atoms with Crippen LogP contribution in [-0.4, -0.2) is 72.1 Å². The molecule has 7 nitrogen and oxygen atoms in total. The first-order valence-corrected chi connectivity index (χ1v) is 11.6. The number of ether oxygens (including phenoxy) is 1. The number of fused-ring (bicyclic) bond motifs is 1. The summed E-state index contributed by atoms with van der Waals surface area (Å²) < 4.78 is 6.05. The SMILES string of the molecule is CCN(CC)CC(=O)N1CCN(c2nc(C(C)C)c3c(c2C#N)CC(C)(C)OC3)CC1. The number of anilines is 1. The van der Waals surface area contributed by atoms with E-state index in [9.17, 15) is 10.1 Å². The third kappa shape index (κ3) is 5.02. The van der Waals surface area contributed by atoms with Crippen molar-refractivity contribution >= 4 is 11.7 Å². The maximum absolute atomic E-state index is 12.7. The fourth-order valence-corrected chi connectivity index (χ4v) is 4.51. The smallest absolute Gasteiger partial charge is 0.236 e. The summed E-state index contributed by atoms with van der Waals surface area (Å²) in [6.07, 6.45) is 0.711. The normalized spacial score (nSPS) is 18.3. The van der Waals surface area contributed by atoms with Gasteiger partial charge in [-0.25, -0.2) is 4.98 Å². The van der Waals surface area contributed by atoms with Crippen LogP contribution in [0.1, 0.15) is 69.8 Å². The zero-order valence-corrected chi connectivity index (χ0v) is 20.0. The van der Waals surface area contributed by atoms with Crippen LogP contribution in [0.25, 0.3) is 0 Å². The van der Waals surface area contributed by atoms with E-state index in [1.54, 1.807) is 0 Å². The molecule has 3 rings (SSSR count). The first-order chi connectivity index (χ1) is 14.7. The van der Waals surface area contributed by atoms with Gasteiger partial charge in [-0.15, -0.1) is 0 Å². The number of hydrogen-bond acceptors (Lipinski definition) is 6. The monoisotopic (exact) mass is 427 g/mol. The van der Waals surface area contributed by atoms with E-state index in [4.69, 9.17) is 9.72 Å². The minimum Gasteiger partial charge on any atom is -0.370 e. The van der Waals surface area contributed by atoms with Crippen molar-refractivity contribution in [2.75, 3.05) is 50.7 Å². The second-order valence-corrected chi connectivity index (χ2v) is 9.47. The third-order valence-corrected chi connectivity index (χ3v) is 6.48. The molecule has 0 aliphatic carbocycles. The minimum atomic E-state index is -0.291. The molecule has 2 aliphatic rings. The van der Waals surface area contributed by atoms with Gasteiger partial charge < -0.3 is 14.5 Å². The average molecular weight is 428 g/mol. The lowest BCUT2D eigenvalue weighted by Crippen LogP contribution is -2.51. The van der Waals surface area contributed by atoms with Crippen molar-refractivity contribution in [3.8, 4) is 6.07 Å². The predicted octanol–water partition coefficient (Wildman–Crippen LogP) is 2.92. The summed E-state index contributed by atoms with van der Waals surface area (Å²) in [6.45, 7) is 18.1. The Bertz CT molecular complexity index is 847. The molecule has 0 unspecified atom stereocenters. The number of nitriles is 1. The number of carbonyl (C=O) groups is 1.